The number of carbonyl (C=O) groups is 1. The van der Waals surface area contributed by atoms with Gasteiger partial charge in [-0.05, 0) is 61.8 Å². The molecule has 1 aromatic rings. The average molecular weight is 355 g/mol. The van der Waals surface area contributed by atoms with Gasteiger partial charge < -0.3 is 4.90 Å². The molecule has 0 unspecified atom stereocenters. The Bertz CT molecular complexity index is 764. The van der Waals surface area contributed by atoms with Crippen molar-refractivity contribution in [2.75, 3.05) is 14.1 Å². The van der Waals surface area contributed by atoms with Crippen LogP contribution in [-0.4, -0.2) is 24.9 Å². The van der Waals surface area contributed by atoms with Gasteiger partial charge in [-0.2, -0.15) is 0 Å². The molecule has 0 aromatic heterocycles. The Labute approximate surface area is 157 Å². The lowest BCUT2D eigenvalue weighted by Crippen LogP contribution is -2.21. The average Bonchev–Trinajstić information content (AvgIpc) is 2.59. The molecule has 1 aliphatic carbocycles. The summed E-state index contributed by atoms with van der Waals surface area (Å²) in [4.78, 5) is 13.4. The van der Waals surface area contributed by atoms with Gasteiger partial charge in [-0.1, -0.05) is 43.7 Å². The van der Waals surface area contributed by atoms with Gasteiger partial charge in [-0.15, -0.1) is 0 Å². The second-order valence-corrected chi connectivity index (χ2v) is 8.04. The van der Waals surface area contributed by atoms with E-state index in [-0.39, 0.29) is 17.1 Å². The molecule has 0 saturated carbocycles. The Morgan fingerprint density at radius 2 is 1.73 bits per heavy atom. The lowest BCUT2D eigenvalue weighted by molar-refractivity contribution is 0.0827. The molecular weight excluding hydrogens is 325 g/mol. The molecule has 0 saturated heterocycles. The molecule has 2 nitrogen and oxygen atoms in total. The molecule has 140 valence electrons. The first-order valence-electron chi connectivity index (χ1n) is 9.20. The molecule has 26 heavy (non-hydrogen) atoms. The van der Waals surface area contributed by atoms with Crippen molar-refractivity contribution < 1.29 is 9.18 Å². The third kappa shape index (κ3) is 4.51. The number of amides is 1. The summed E-state index contributed by atoms with van der Waals surface area (Å²) in [6, 6.07) is 6.67. The van der Waals surface area contributed by atoms with Crippen molar-refractivity contribution in [3.63, 3.8) is 0 Å². The zero-order valence-corrected chi connectivity index (χ0v) is 16.8. The maximum atomic E-state index is 14.8. The quantitative estimate of drug-likeness (QED) is 0.591. The van der Waals surface area contributed by atoms with Crippen LogP contribution in [0.25, 0.3) is 5.83 Å². The third-order valence-electron chi connectivity index (χ3n) is 5.18. The molecule has 1 aromatic carbocycles. The van der Waals surface area contributed by atoms with Gasteiger partial charge in [0.25, 0.3) is 5.91 Å². The molecule has 0 atom stereocenters. The standard InChI is InChI=1S/C23H30FNO/c1-16-8-7-15-23(3,4)20(16)14-9-17(2)21(24)18-10-12-19(13-11-18)22(26)25(5)6/h9-14H,7-8,15H2,1-6H3. The second-order valence-electron chi connectivity index (χ2n) is 8.04. The first kappa shape index (κ1) is 20.2. The first-order chi connectivity index (χ1) is 12.1. The second kappa shape index (κ2) is 8.03. The van der Waals surface area contributed by atoms with E-state index in [4.69, 9.17) is 0 Å². The van der Waals surface area contributed by atoms with Crippen LogP contribution in [0.4, 0.5) is 4.39 Å². The summed E-state index contributed by atoms with van der Waals surface area (Å²) >= 11 is 0. The fourth-order valence-corrected chi connectivity index (χ4v) is 3.54. The van der Waals surface area contributed by atoms with Crippen LogP contribution in [0.15, 0.2) is 53.1 Å². The van der Waals surface area contributed by atoms with Crippen molar-refractivity contribution in [2.24, 2.45) is 5.41 Å². The van der Waals surface area contributed by atoms with Gasteiger partial charge in [-0.3, -0.25) is 4.79 Å². The normalized spacial score (nSPS) is 18.1. The molecule has 0 fully saturated rings. The Balaban J connectivity index is 2.25. The largest absolute Gasteiger partial charge is 0.345 e. The van der Waals surface area contributed by atoms with Crippen molar-refractivity contribution in [3.8, 4) is 0 Å². The van der Waals surface area contributed by atoms with Crippen LogP contribution in [-0.2, 0) is 0 Å². The van der Waals surface area contributed by atoms with Gasteiger partial charge in [0.05, 0.1) is 0 Å². The number of allylic oxidation sites excluding steroid dienone is 5. The van der Waals surface area contributed by atoms with Crippen molar-refractivity contribution in [3.05, 3.63) is 64.3 Å². The molecule has 0 radical (unpaired) electrons. The van der Waals surface area contributed by atoms with E-state index in [9.17, 15) is 9.18 Å². The molecule has 0 N–H and O–H groups in total. The Morgan fingerprint density at radius 3 is 2.27 bits per heavy atom. The number of rotatable bonds is 4. The molecule has 1 aliphatic rings. The van der Waals surface area contributed by atoms with Crippen LogP contribution >= 0.6 is 0 Å². The molecular formula is C23H30FNO. The predicted octanol–water partition coefficient (Wildman–Crippen LogP) is 6.17. The summed E-state index contributed by atoms with van der Waals surface area (Å²) in [5, 5.41) is 0. The minimum atomic E-state index is -0.253. The van der Waals surface area contributed by atoms with Crippen LogP contribution in [0.2, 0.25) is 0 Å². The van der Waals surface area contributed by atoms with E-state index < -0.39 is 0 Å². The van der Waals surface area contributed by atoms with E-state index in [0.29, 0.717) is 16.7 Å². The van der Waals surface area contributed by atoms with E-state index in [2.05, 4.69) is 26.8 Å². The Morgan fingerprint density at radius 1 is 1.15 bits per heavy atom. The molecule has 3 heteroatoms. The number of hydrogen-bond acceptors (Lipinski definition) is 1. The zero-order chi connectivity index (χ0) is 19.5. The van der Waals surface area contributed by atoms with Crippen molar-refractivity contribution in [2.45, 2.75) is 47.0 Å². The number of halogens is 1. The fraction of sp³-hybridized carbons (Fsp3) is 0.435. The molecule has 0 spiro atoms. The predicted molar refractivity (Wildman–Crippen MR) is 108 cm³/mol. The van der Waals surface area contributed by atoms with Crippen LogP contribution < -0.4 is 0 Å². The molecule has 0 bridgehead atoms. The number of carbonyl (C=O) groups excluding carboxylic acids is 1. The lowest BCUT2D eigenvalue weighted by atomic mass is 9.72. The highest BCUT2D eigenvalue weighted by Gasteiger charge is 2.26. The molecule has 2 rings (SSSR count). The summed E-state index contributed by atoms with van der Waals surface area (Å²) in [5.41, 5.74) is 4.52. The third-order valence-corrected chi connectivity index (χ3v) is 5.18. The molecule has 0 heterocycles. The van der Waals surface area contributed by atoms with Gasteiger partial charge in [-0.25, -0.2) is 4.39 Å². The monoisotopic (exact) mass is 355 g/mol. The van der Waals surface area contributed by atoms with Gasteiger partial charge >= 0.3 is 0 Å². The number of hydrogen-bond donors (Lipinski definition) is 0. The van der Waals surface area contributed by atoms with Gasteiger partial charge in [0, 0.05) is 25.2 Å². The topological polar surface area (TPSA) is 20.3 Å². The Hall–Kier alpha value is -2.16. The van der Waals surface area contributed by atoms with Crippen molar-refractivity contribution >= 4 is 11.7 Å². The van der Waals surface area contributed by atoms with E-state index in [1.807, 2.05) is 6.08 Å². The zero-order valence-electron chi connectivity index (χ0n) is 16.8. The van der Waals surface area contributed by atoms with E-state index in [0.717, 1.165) is 12.8 Å². The minimum Gasteiger partial charge on any atom is -0.345 e. The van der Waals surface area contributed by atoms with E-state index in [1.165, 1.54) is 22.5 Å². The van der Waals surface area contributed by atoms with E-state index >= 15 is 0 Å². The maximum absolute atomic E-state index is 14.8. The van der Waals surface area contributed by atoms with Crippen molar-refractivity contribution in [1.82, 2.24) is 4.90 Å². The smallest absolute Gasteiger partial charge is 0.253 e. The number of nitrogens with zero attached hydrogens (tertiary/aromatic N) is 1. The van der Waals surface area contributed by atoms with Crippen LogP contribution in [0.1, 0.15) is 62.9 Å². The summed E-state index contributed by atoms with van der Waals surface area (Å²) in [5.74, 6) is -0.337. The highest BCUT2D eigenvalue weighted by Crippen LogP contribution is 2.41. The van der Waals surface area contributed by atoms with Crippen LogP contribution in [0.3, 0.4) is 0 Å². The van der Waals surface area contributed by atoms with Crippen molar-refractivity contribution in [1.29, 1.82) is 0 Å². The summed E-state index contributed by atoms with van der Waals surface area (Å²) < 4.78 is 14.8. The van der Waals surface area contributed by atoms with E-state index in [1.54, 1.807) is 45.3 Å². The first-order valence-corrected chi connectivity index (χ1v) is 9.20. The van der Waals surface area contributed by atoms with Gasteiger partial charge in [0.15, 0.2) is 0 Å². The summed E-state index contributed by atoms with van der Waals surface area (Å²) in [6.07, 6.45) is 7.46. The van der Waals surface area contributed by atoms with Crippen LogP contribution in [0.5, 0.6) is 0 Å². The summed E-state index contributed by atoms with van der Waals surface area (Å²) in [6.45, 7) is 8.48. The lowest BCUT2D eigenvalue weighted by Gasteiger charge is -2.33. The van der Waals surface area contributed by atoms with Gasteiger partial charge in [0.1, 0.15) is 5.83 Å². The number of benzene rings is 1. The van der Waals surface area contributed by atoms with Gasteiger partial charge in [0.2, 0.25) is 0 Å². The Kier molecular flexibility index (Phi) is 6.22. The molecule has 0 aliphatic heterocycles. The maximum Gasteiger partial charge on any atom is 0.253 e. The molecule has 1 amide bonds. The highest BCUT2D eigenvalue weighted by atomic mass is 19.1. The fourth-order valence-electron chi connectivity index (χ4n) is 3.54. The highest BCUT2D eigenvalue weighted by molar-refractivity contribution is 5.94. The minimum absolute atomic E-state index is 0.0838. The SMILES string of the molecule is CC(C=CC1=C(C)CCCC1(C)C)=C(F)c1ccc(C(=O)N(C)C)cc1. The van der Waals surface area contributed by atoms with Crippen LogP contribution in [0, 0.1) is 5.41 Å². The summed E-state index contributed by atoms with van der Waals surface area (Å²) in [7, 11) is 3.41.